The zero-order valence-electron chi connectivity index (χ0n) is 18.5. The molecule has 0 aromatic heterocycles. The van der Waals surface area contributed by atoms with Crippen molar-refractivity contribution in [3.05, 3.63) is 58.1 Å². The second-order valence-corrected chi connectivity index (χ2v) is 8.39. The van der Waals surface area contributed by atoms with Crippen LogP contribution in [0, 0.1) is 6.92 Å². The highest BCUT2D eigenvalue weighted by molar-refractivity contribution is 6.36. The van der Waals surface area contributed by atoms with Gasteiger partial charge in [-0.05, 0) is 50.2 Å². The molecule has 2 aromatic rings. The molecule has 9 heteroatoms. The second-order valence-electron chi connectivity index (χ2n) is 7.55. The van der Waals surface area contributed by atoms with Crippen molar-refractivity contribution in [3.63, 3.8) is 0 Å². The molecule has 7 nitrogen and oxygen atoms in total. The maximum atomic E-state index is 12.6. The van der Waals surface area contributed by atoms with Crippen LogP contribution in [0.1, 0.15) is 18.9 Å². The van der Waals surface area contributed by atoms with Crippen molar-refractivity contribution in [3.8, 4) is 0 Å². The van der Waals surface area contributed by atoms with Crippen LogP contribution in [0.3, 0.4) is 0 Å². The van der Waals surface area contributed by atoms with E-state index in [1.54, 1.807) is 30.1 Å². The van der Waals surface area contributed by atoms with Crippen LogP contribution < -0.4 is 10.6 Å². The Morgan fingerprint density at radius 1 is 0.906 bits per heavy atom. The molecular formula is C23H28Cl2N4O3. The first-order valence-corrected chi connectivity index (χ1v) is 11.0. The molecule has 0 atom stereocenters. The van der Waals surface area contributed by atoms with E-state index in [9.17, 15) is 14.4 Å². The highest BCUT2D eigenvalue weighted by atomic mass is 35.5. The van der Waals surface area contributed by atoms with Gasteiger partial charge in [-0.15, -0.1) is 0 Å². The summed E-state index contributed by atoms with van der Waals surface area (Å²) in [4.78, 5) is 40.4. The van der Waals surface area contributed by atoms with Crippen molar-refractivity contribution in [1.29, 1.82) is 0 Å². The highest BCUT2D eigenvalue weighted by Gasteiger charge is 2.19. The third-order valence-electron chi connectivity index (χ3n) is 4.61. The lowest BCUT2D eigenvalue weighted by Crippen LogP contribution is -2.44. The summed E-state index contributed by atoms with van der Waals surface area (Å²) in [7, 11) is 1.56. The molecule has 0 fully saturated rings. The predicted octanol–water partition coefficient (Wildman–Crippen LogP) is 4.05. The molecule has 0 saturated carbocycles. The highest BCUT2D eigenvalue weighted by Crippen LogP contribution is 2.25. The fraction of sp³-hybridized carbons (Fsp3) is 0.348. The van der Waals surface area contributed by atoms with Gasteiger partial charge in [0.25, 0.3) is 0 Å². The first-order chi connectivity index (χ1) is 15.2. The quantitative estimate of drug-likeness (QED) is 0.539. The minimum absolute atomic E-state index is 0.0158. The molecule has 3 amide bonds. The average molecular weight is 479 g/mol. The van der Waals surface area contributed by atoms with Gasteiger partial charge in [0.1, 0.15) is 0 Å². The lowest BCUT2D eigenvalue weighted by atomic mass is 10.2. The monoisotopic (exact) mass is 478 g/mol. The summed E-state index contributed by atoms with van der Waals surface area (Å²) in [5.41, 5.74) is 2.22. The van der Waals surface area contributed by atoms with E-state index in [1.807, 2.05) is 38.1 Å². The first kappa shape index (κ1) is 25.6. The van der Waals surface area contributed by atoms with Crippen LogP contribution in [-0.4, -0.2) is 60.7 Å². The summed E-state index contributed by atoms with van der Waals surface area (Å²) in [6, 6.07) is 12.2. The minimum atomic E-state index is -0.296. The van der Waals surface area contributed by atoms with E-state index in [0.29, 0.717) is 28.0 Å². The number of rotatable bonds is 10. The number of nitrogens with zero attached hydrogens (tertiary/aromatic N) is 2. The predicted molar refractivity (Wildman–Crippen MR) is 129 cm³/mol. The van der Waals surface area contributed by atoms with E-state index in [4.69, 9.17) is 23.2 Å². The van der Waals surface area contributed by atoms with E-state index in [1.165, 1.54) is 4.90 Å². The van der Waals surface area contributed by atoms with Gasteiger partial charge < -0.3 is 15.5 Å². The van der Waals surface area contributed by atoms with Crippen LogP contribution >= 0.6 is 23.2 Å². The maximum Gasteiger partial charge on any atom is 0.243 e. The summed E-state index contributed by atoms with van der Waals surface area (Å²) in [6.45, 7) is 4.43. The number of hydrogen-bond donors (Lipinski definition) is 2. The summed E-state index contributed by atoms with van der Waals surface area (Å²) >= 11 is 12.0. The zero-order valence-corrected chi connectivity index (χ0v) is 20.0. The molecule has 0 radical (unpaired) electrons. The van der Waals surface area contributed by atoms with Gasteiger partial charge in [-0.3, -0.25) is 19.3 Å². The normalized spacial score (nSPS) is 10.7. The Morgan fingerprint density at radius 2 is 1.56 bits per heavy atom. The fourth-order valence-electron chi connectivity index (χ4n) is 2.97. The second kappa shape index (κ2) is 12.4. The standard InChI is InChI=1S/C23H28Cl2N4O3/c1-4-11-29(14-22(31)27-20-10-7-17(24)12-19(20)25)15-23(32)28(3)13-21(30)26-18-8-5-16(2)6-9-18/h5-10,12H,4,11,13-15H2,1-3H3,(H,26,30)(H,27,31). The molecule has 0 bridgehead atoms. The lowest BCUT2D eigenvalue weighted by Gasteiger charge is -2.24. The van der Waals surface area contributed by atoms with Gasteiger partial charge in [0.2, 0.25) is 17.7 Å². The van der Waals surface area contributed by atoms with Crippen molar-refractivity contribution in [2.75, 3.05) is 43.9 Å². The van der Waals surface area contributed by atoms with Crippen molar-refractivity contribution in [1.82, 2.24) is 9.80 Å². The van der Waals surface area contributed by atoms with Gasteiger partial charge >= 0.3 is 0 Å². The largest absolute Gasteiger partial charge is 0.335 e. The van der Waals surface area contributed by atoms with E-state index >= 15 is 0 Å². The van der Waals surface area contributed by atoms with Gasteiger partial charge in [0.05, 0.1) is 30.3 Å². The Morgan fingerprint density at radius 3 is 2.19 bits per heavy atom. The number of carbonyl (C=O) groups is 3. The summed E-state index contributed by atoms with van der Waals surface area (Å²) in [5.74, 6) is -0.841. The summed E-state index contributed by atoms with van der Waals surface area (Å²) in [6.07, 6.45) is 0.764. The van der Waals surface area contributed by atoms with Crippen LogP contribution in [0.25, 0.3) is 0 Å². The van der Waals surface area contributed by atoms with Crippen LogP contribution in [-0.2, 0) is 14.4 Å². The Hall–Kier alpha value is -2.61. The number of carbonyl (C=O) groups excluding carboxylic acids is 3. The van der Waals surface area contributed by atoms with Gasteiger partial charge in [0.15, 0.2) is 0 Å². The molecule has 0 saturated heterocycles. The lowest BCUT2D eigenvalue weighted by molar-refractivity contribution is -0.134. The molecule has 2 N–H and O–H groups in total. The maximum absolute atomic E-state index is 12.6. The van der Waals surface area contributed by atoms with Crippen LogP contribution in [0.5, 0.6) is 0 Å². The van der Waals surface area contributed by atoms with Crippen molar-refractivity contribution in [2.45, 2.75) is 20.3 Å². The average Bonchev–Trinajstić information content (AvgIpc) is 2.72. The molecule has 0 spiro atoms. The molecule has 0 aliphatic carbocycles. The number of aryl methyl sites for hydroxylation is 1. The number of nitrogens with one attached hydrogen (secondary N) is 2. The van der Waals surface area contributed by atoms with Crippen LogP contribution in [0.4, 0.5) is 11.4 Å². The Kier molecular flexibility index (Phi) is 9.97. The molecule has 2 rings (SSSR count). The third-order valence-corrected chi connectivity index (χ3v) is 5.16. The van der Waals surface area contributed by atoms with E-state index in [0.717, 1.165) is 12.0 Å². The van der Waals surface area contributed by atoms with E-state index in [-0.39, 0.29) is 37.4 Å². The Bertz CT molecular complexity index is 951. The number of anilines is 2. The molecule has 0 unspecified atom stereocenters. The van der Waals surface area contributed by atoms with Gasteiger partial charge in [-0.25, -0.2) is 0 Å². The van der Waals surface area contributed by atoms with E-state index < -0.39 is 0 Å². The van der Waals surface area contributed by atoms with Crippen LogP contribution in [0.15, 0.2) is 42.5 Å². The number of likely N-dealkylation sites (N-methyl/N-ethyl adjacent to an activating group) is 1. The van der Waals surface area contributed by atoms with Gasteiger partial charge in [-0.2, -0.15) is 0 Å². The fourth-order valence-corrected chi connectivity index (χ4v) is 3.42. The Labute approximate surface area is 198 Å². The number of amides is 3. The van der Waals surface area contributed by atoms with Crippen molar-refractivity contribution >= 4 is 52.3 Å². The van der Waals surface area contributed by atoms with Gasteiger partial charge in [0, 0.05) is 17.8 Å². The summed E-state index contributed by atoms with van der Waals surface area (Å²) in [5, 5.41) is 6.31. The number of halogens is 2. The minimum Gasteiger partial charge on any atom is -0.335 e. The molecule has 2 aromatic carbocycles. The van der Waals surface area contributed by atoms with Crippen molar-refractivity contribution < 1.29 is 14.4 Å². The van der Waals surface area contributed by atoms with Crippen molar-refractivity contribution in [2.24, 2.45) is 0 Å². The SMILES string of the molecule is CCCN(CC(=O)Nc1ccc(Cl)cc1Cl)CC(=O)N(C)CC(=O)Nc1ccc(C)cc1. The smallest absolute Gasteiger partial charge is 0.243 e. The zero-order chi connectivity index (χ0) is 23.7. The molecule has 0 aliphatic heterocycles. The topological polar surface area (TPSA) is 81.8 Å². The van der Waals surface area contributed by atoms with Gasteiger partial charge in [-0.1, -0.05) is 47.8 Å². The van der Waals surface area contributed by atoms with E-state index in [2.05, 4.69) is 10.6 Å². The third kappa shape index (κ3) is 8.49. The number of benzene rings is 2. The Balaban J connectivity index is 1.88. The molecular weight excluding hydrogens is 451 g/mol. The first-order valence-electron chi connectivity index (χ1n) is 10.3. The number of hydrogen-bond acceptors (Lipinski definition) is 4. The summed E-state index contributed by atoms with van der Waals surface area (Å²) < 4.78 is 0. The molecule has 0 heterocycles. The van der Waals surface area contributed by atoms with Crippen LogP contribution in [0.2, 0.25) is 10.0 Å². The molecule has 32 heavy (non-hydrogen) atoms. The molecule has 172 valence electrons. The molecule has 0 aliphatic rings.